The first-order chi connectivity index (χ1) is 8.50. The van der Waals surface area contributed by atoms with Crippen LogP contribution in [0.2, 0.25) is 0 Å². The predicted octanol–water partition coefficient (Wildman–Crippen LogP) is 2.05. The first-order valence-electron chi connectivity index (χ1n) is 5.24. The maximum absolute atomic E-state index is 12.4. The Bertz CT molecular complexity index is 499. The van der Waals surface area contributed by atoms with Crippen LogP contribution in [-0.2, 0) is 0 Å². The molecule has 0 aliphatic carbocycles. The van der Waals surface area contributed by atoms with Gasteiger partial charge in [-0.25, -0.2) is 9.97 Å². The standard InChI is InChI=1S/C11H9F3N4/c12-11(13,14)8-1-3-18(4-2-8)10-7-16-9(5-15)6-17-10/h1,6-7H,2-4H2. The van der Waals surface area contributed by atoms with Crippen molar-refractivity contribution in [3.63, 3.8) is 0 Å². The number of nitriles is 1. The quantitative estimate of drug-likeness (QED) is 0.720. The van der Waals surface area contributed by atoms with Gasteiger partial charge in [0.05, 0.1) is 12.4 Å². The van der Waals surface area contributed by atoms with Crippen molar-refractivity contribution in [3.05, 3.63) is 29.7 Å². The fourth-order valence-corrected chi connectivity index (χ4v) is 1.68. The lowest BCUT2D eigenvalue weighted by atomic mass is 10.1. The van der Waals surface area contributed by atoms with Crippen LogP contribution < -0.4 is 4.90 Å². The third-order valence-corrected chi connectivity index (χ3v) is 2.65. The highest BCUT2D eigenvalue weighted by Gasteiger charge is 2.34. The van der Waals surface area contributed by atoms with E-state index in [1.807, 2.05) is 6.07 Å². The first-order valence-corrected chi connectivity index (χ1v) is 5.24. The molecule has 7 heteroatoms. The molecule has 0 atom stereocenters. The van der Waals surface area contributed by atoms with E-state index in [2.05, 4.69) is 9.97 Å². The largest absolute Gasteiger partial charge is 0.412 e. The van der Waals surface area contributed by atoms with Crippen LogP contribution in [0.3, 0.4) is 0 Å². The maximum Gasteiger partial charge on any atom is 0.412 e. The zero-order chi connectivity index (χ0) is 13.2. The van der Waals surface area contributed by atoms with E-state index in [9.17, 15) is 13.2 Å². The van der Waals surface area contributed by atoms with E-state index in [-0.39, 0.29) is 25.2 Å². The molecule has 0 unspecified atom stereocenters. The molecule has 1 aromatic heterocycles. The summed E-state index contributed by atoms with van der Waals surface area (Å²) in [5.74, 6) is 0.478. The molecule has 1 aliphatic rings. The molecule has 0 amide bonds. The summed E-state index contributed by atoms with van der Waals surface area (Å²) in [6, 6.07) is 1.83. The number of halogens is 3. The summed E-state index contributed by atoms with van der Waals surface area (Å²) < 4.78 is 37.3. The van der Waals surface area contributed by atoms with Crippen molar-refractivity contribution in [1.82, 2.24) is 9.97 Å². The van der Waals surface area contributed by atoms with Gasteiger partial charge >= 0.3 is 6.18 Å². The molecule has 2 heterocycles. The van der Waals surface area contributed by atoms with E-state index in [0.29, 0.717) is 5.82 Å². The summed E-state index contributed by atoms with van der Waals surface area (Å²) in [7, 11) is 0. The number of hydrogen-bond donors (Lipinski definition) is 0. The van der Waals surface area contributed by atoms with E-state index in [1.54, 1.807) is 4.90 Å². The predicted molar refractivity (Wildman–Crippen MR) is 57.7 cm³/mol. The molecule has 0 spiro atoms. The lowest BCUT2D eigenvalue weighted by molar-refractivity contribution is -0.0944. The summed E-state index contributed by atoms with van der Waals surface area (Å²) in [6.07, 6.45) is -0.458. The third kappa shape index (κ3) is 2.59. The molecule has 0 saturated heterocycles. The minimum Gasteiger partial charge on any atom is -0.351 e. The Kier molecular flexibility index (Phi) is 3.19. The molecule has 0 bridgehead atoms. The van der Waals surface area contributed by atoms with Crippen LogP contribution in [0.4, 0.5) is 19.0 Å². The van der Waals surface area contributed by atoms with E-state index in [1.165, 1.54) is 12.4 Å². The summed E-state index contributed by atoms with van der Waals surface area (Å²) in [5, 5.41) is 8.56. The van der Waals surface area contributed by atoms with Crippen molar-refractivity contribution < 1.29 is 13.2 Å². The van der Waals surface area contributed by atoms with Gasteiger partial charge in [0.2, 0.25) is 0 Å². The highest BCUT2D eigenvalue weighted by molar-refractivity contribution is 5.40. The van der Waals surface area contributed by atoms with Crippen molar-refractivity contribution in [2.75, 3.05) is 18.0 Å². The van der Waals surface area contributed by atoms with Crippen LogP contribution in [0.25, 0.3) is 0 Å². The molecule has 94 valence electrons. The number of alkyl halides is 3. The second-order valence-corrected chi connectivity index (χ2v) is 3.79. The number of hydrogen-bond acceptors (Lipinski definition) is 4. The molecule has 0 fully saturated rings. The first kappa shape index (κ1) is 12.4. The average molecular weight is 254 g/mol. The van der Waals surface area contributed by atoms with E-state index >= 15 is 0 Å². The SMILES string of the molecule is N#Cc1cnc(N2CC=C(C(F)(F)F)CC2)cn1. The van der Waals surface area contributed by atoms with Crippen LogP contribution in [0.5, 0.6) is 0 Å². The van der Waals surface area contributed by atoms with Crippen LogP contribution in [0.1, 0.15) is 12.1 Å². The van der Waals surface area contributed by atoms with Crippen LogP contribution in [0, 0.1) is 11.3 Å². The lowest BCUT2D eigenvalue weighted by Crippen LogP contribution is -2.32. The Balaban J connectivity index is 2.10. The minimum absolute atomic E-state index is 0.0643. The van der Waals surface area contributed by atoms with Gasteiger partial charge in [0.1, 0.15) is 11.9 Å². The third-order valence-electron chi connectivity index (χ3n) is 2.65. The fourth-order valence-electron chi connectivity index (χ4n) is 1.68. The smallest absolute Gasteiger partial charge is 0.351 e. The summed E-state index contributed by atoms with van der Waals surface area (Å²) in [6.45, 7) is 0.390. The molecule has 2 rings (SSSR count). The van der Waals surface area contributed by atoms with Gasteiger partial charge in [-0.2, -0.15) is 18.4 Å². The van der Waals surface area contributed by atoms with Gasteiger partial charge in [0.15, 0.2) is 5.69 Å². The van der Waals surface area contributed by atoms with Gasteiger partial charge in [-0.15, -0.1) is 0 Å². The summed E-state index contributed by atoms with van der Waals surface area (Å²) in [4.78, 5) is 9.51. The van der Waals surface area contributed by atoms with Crippen molar-refractivity contribution in [2.45, 2.75) is 12.6 Å². The van der Waals surface area contributed by atoms with Gasteiger partial charge in [-0.3, -0.25) is 0 Å². The van der Waals surface area contributed by atoms with Crippen LogP contribution in [0.15, 0.2) is 24.0 Å². The van der Waals surface area contributed by atoms with Crippen molar-refractivity contribution in [1.29, 1.82) is 5.26 Å². The normalized spacial score (nSPS) is 16.1. The van der Waals surface area contributed by atoms with Crippen LogP contribution in [-0.4, -0.2) is 29.2 Å². The Hall–Kier alpha value is -2.10. The van der Waals surface area contributed by atoms with Crippen molar-refractivity contribution >= 4 is 5.82 Å². The molecule has 18 heavy (non-hydrogen) atoms. The maximum atomic E-state index is 12.4. The Morgan fingerprint density at radius 2 is 2.06 bits per heavy atom. The highest BCUT2D eigenvalue weighted by atomic mass is 19.4. The van der Waals surface area contributed by atoms with Gasteiger partial charge in [-0.1, -0.05) is 6.08 Å². The van der Waals surface area contributed by atoms with E-state index in [4.69, 9.17) is 5.26 Å². The highest BCUT2D eigenvalue weighted by Crippen LogP contribution is 2.30. The molecular formula is C11H9F3N4. The lowest BCUT2D eigenvalue weighted by Gasteiger charge is -2.27. The number of anilines is 1. The van der Waals surface area contributed by atoms with Gasteiger partial charge in [0, 0.05) is 18.7 Å². The summed E-state index contributed by atoms with van der Waals surface area (Å²) >= 11 is 0. The monoisotopic (exact) mass is 254 g/mol. The zero-order valence-electron chi connectivity index (χ0n) is 9.28. The Morgan fingerprint density at radius 1 is 1.28 bits per heavy atom. The Morgan fingerprint density at radius 3 is 2.50 bits per heavy atom. The van der Waals surface area contributed by atoms with E-state index in [0.717, 1.165) is 6.08 Å². The van der Waals surface area contributed by atoms with E-state index < -0.39 is 11.7 Å². The molecule has 0 radical (unpaired) electrons. The molecule has 1 aromatic rings. The molecule has 0 N–H and O–H groups in total. The zero-order valence-corrected chi connectivity index (χ0v) is 9.28. The molecule has 0 aromatic carbocycles. The van der Waals surface area contributed by atoms with Crippen LogP contribution >= 0.6 is 0 Å². The average Bonchev–Trinajstić information content (AvgIpc) is 2.38. The Labute approximate surface area is 101 Å². The molecule has 4 nitrogen and oxygen atoms in total. The fraction of sp³-hybridized carbons (Fsp3) is 0.364. The minimum atomic E-state index is -4.25. The van der Waals surface area contributed by atoms with Crippen molar-refractivity contribution in [3.8, 4) is 6.07 Å². The van der Waals surface area contributed by atoms with Gasteiger partial charge in [0.25, 0.3) is 0 Å². The van der Waals surface area contributed by atoms with Gasteiger partial charge in [-0.05, 0) is 6.42 Å². The number of nitrogens with zero attached hydrogens (tertiary/aromatic N) is 4. The second kappa shape index (κ2) is 4.64. The topological polar surface area (TPSA) is 52.8 Å². The molecule has 1 aliphatic heterocycles. The number of rotatable bonds is 1. The molecule has 0 saturated carbocycles. The van der Waals surface area contributed by atoms with Gasteiger partial charge < -0.3 is 4.90 Å². The number of aromatic nitrogens is 2. The summed E-state index contributed by atoms with van der Waals surface area (Å²) in [5.41, 5.74) is -0.317. The van der Waals surface area contributed by atoms with Crippen molar-refractivity contribution in [2.24, 2.45) is 0 Å². The molecular weight excluding hydrogens is 245 g/mol. The second-order valence-electron chi connectivity index (χ2n) is 3.79.